The summed E-state index contributed by atoms with van der Waals surface area (Å²) in [7, 11) is 0. The zero-order valence-corrected chi connectivity index (χ0v) is 15.8. The van der Waals surface area contributed by atoms with Crippen LogP contribution in [0.2, 0.25) is 0 Å². The van der Waals surface area contributed by atoms with Gasteiger partial charge in [0.1, 0.15) is 0 Å². The first-order valence-corrected chi connectivity index (χ1v) is 8.75. The van der Waals surface area contributed by atoms with Crippen molar-refractivity contribution < 1.29 is 33.3 Å². The highest BCUT2D eigenvalue weighted by molar-refractivity contribution is 5.86. The van der Waals surface area contributed by atoms with Gasteiger partial charge in [-0.1, -0.05) is 30.3 Å². The van der Waals surface area contributed by atoms with Crippen LogP contribution in [0.3, 0.4) is 0 Å². The van der Waals surface area contributed by atoms with Gasteiger partial charge in [0.05, 0.1) is 12.2 Å². The number of hydrogen-bond acceptors (Lipinski definition) is 7. The molecule has 0 spiro atoms. The first kappa shape index (κ1) is 20.4. The normalized spacial score (nSPS) is 21.8. The van der Waals surface area contributed by atoms with Crippen LogP contribution in [0.5, 0.6) is 0 Å². The second-order valence-corrected chi connectivity index (χ2v) is 6.40. The lowest BCUT2D eigenvalue weighted by Crippen LogP contribution is -2.40. The summed E-state index contributed by atoms with van der Waals surface area (Å²) in [5.74, 6) is -3.09. The van der Waals surface area contributed by atoms with Gasteiger partial charge in [0.2, 0.25) is 0 Å². The van der Waals surface area contributed by atoms with Gasteiger partial charge in [-0.05, 0) is 34.6 Å². The highest BCUT2D eigenvalue weighted by Crippen LogP contribution is 2.40. The maximum absolute atomic E-state index is 12.5. The molecule has 7 heteroatoms. The summed E-state index contributed by atoms with van der Waals surface area (Å²) in [6.07, 6.45) is -3.33. The molecule has 0 radical (unpaired) electrons. The smallest absolute Gasteiger partial charge is 0.339 e. The van der Waals surface area contributed by atoms with E-state index in [2.05, 4.69) is 0 Å². The predicted molar refractivity (Wildman–Crippen MR) is 91.9 cm³/mol. The molecule has 1 aromatic rings. The summed E-state index contributed by atoms with van der Waals surface area (Å²) in [6.45, 7) is 8.85. The molecule has 2 rings (SSSR count). The fraction of sp³-hybridized carbons (Fsp3) is 0.579. The average Bonchev–Trinajstić information content (AvgIpc) is 2.96. The molecule has 1 aromatic carbocycles. The second-order valence-electron chi connectivity index (χ2n) is 6.40. The number of ether oxygens (including phenoxy) is 5. The van der Waals surface area contributed by atoms with Crippen molar-refractivity contribution in [2.24, 2.45) is 0 Å². The Morgan fingerprint density at radius 1 is 0.962 bits per heavy atom. The molecule has 0 unspecified atom stereocenters. The second kappa shape index (κ2) is 8.62. The van der Waals surface area contributed by atoms with Crippen molar-refractivity contribution in [2.45, 2.75) is 65.0 Å². The lowest BCUT2D eigenvalue weighted by Gasteiger charge is -2.27. The van der Waals surface area contributed by atoms with Crippen LogP contribution in [0.15, 0.2) is 30.3 Å². The minimum Gasteiger partial charge on any atom is -0.461 e. The van der Waals surface area contributed by atoms with Crippen LogP contribution >= 0.6 is 0 Å². The lowest BCUT2D eigenvalue weighted by molar-refractivity contribution is -0.351. The molecule has 1 fully saturated rings. The Morgan fingerprint density at radius 2 is 1.42 bits per heavy atom. The Labute approximate surface area is 153 Å². The van der Waals surface area contributed by atoms with E-state index in [1.54, 1.807) is 58.9 Å². The van der Waals surface area contributed by atoms with Crippen LogP contribution in [0.1, 0.15) is 40.2 Å². The van der Waals surface area contributed by atoms with Gasteiger partial charge in [0.25, 0.3) is 0 Å². The minimum absolute atomic E-state index is 0.243. The van der Waals surface area contributed by atoms with Crippen LogP contribution < -0.4 is 0 Å². The van der Waals surface area contributed by atoms with Crippen LogP contribution in [0.4, 0.5) is 0 Å². The summed E-state index contributed by atoms with van der Waals surface area (Å²) in [6, 6.07) is 8.86. The Morgan fingerprint density at radius 3 is 1.81 bits per heavy atom. The quantitative estimate of drug-likeness (QED) is 0.686. The number of carbonyl (C=O) groups is 2. The molecule has 1 saturated heterocycles. The number of benzene rings is 1. The standard InChI is InChI=1S/C19H26O7/c1-6-22-19(14-10-8-7-9-11-14)25-15(17(20)23-12(2)3)16(26-19)18(21)24-13(4)5/h7-13,15-16H,6H2,1-5H3/t15-,16-/m1/s1. The molecule has 0 N–H and O–H groups in total. The van der Waals surface area contributed by atoms with E-state index in [1.807, 2.05) is 6.07 Å². The highest BCUT2D eigenvalue weighted by atomic mass is 16.9. The Bertz CT molecular complexity index is 582. The van der Waals surface area contributed by atoms with Crippen LogP contribution in [-0.2, 0) is 39.2 Å². The monoisotopic (exact) mass is 366 g/mol. The number of esters is 2. The predicted octanol–water partition coefficient (Wildman–Crippen LogP) is 2.52. The Balaban J connectivity index is 2.37. The first-order chi connectivity index (χ1) is 12.3. The zero-order chi connectivity index (χ0) is 19.3. The van der Waals surface area contributed by atoms with Crippen molar-refractivity contribution in [1.82, 2.24) is 0 Å². The fourth-order valence-electron chi connectivity index (χ4n) is 2.55. The van der Waals surface area contributed by atoms with E-state index >= 15 is 0 Å². The van der Waals surface area contributed by atoms with Gasteiger partial charge in [-0.3, -0.25) is 0 Å². The molecule has 0 saturated carbocycles. The van der Waals surface area contributed by atoms with Crippen LogP contribution in [0, 0.1) is 0 Å². The first-order valence-electron chi connectivity index (χ1n) is 8.75. The third-order valence-electron chi connectivity index (χ3n) is 3.47. The van der Waals surface area contributed by atoms with E-state index in [1.165, 1.54) is 0 Å². The summed E-state index contributed by atoms with van der Waals surface area (Å²) < 4.78 is 27.8. The van der Waals surface area contributed by atoms with Gasteiger partial charge in [0, 0.05) is 12.2 Å². The molecule has 2 atom stereocenters. The van der Waals surface area contributed by atoms with Crippen molar-refractivity contribution >= 4 is 11.9 Å². The third-order valence-corrected chi connectivity index (χ3v) is 3.47. The van der Waals surface area contributed by atoms with E-state index < -0.39 is 30.1 Å². The van der Waals surface area contributed by atoms with E-state index in [0.717, 1.165) is 0 Å². The van der Waals surface area contributed by atoms with Gasteiger partial charge in [-0.25, -0.2) is 9.59 Å². The molecule has 144 valence electrons. The maximum Gasteiger partial charge on any atom is 0.339 e. The van der Waals surface area contributed by atoms with E-state index in [-0.39, 0.29) is 18.8 Å². The molecule has 0 amide bonds. The van der Waals surface area contributed by atoms with Crippen molar-refractivity contribution in [1.29, 1.82) is 0 Å². The number of hydrogen-bond donors (Lipinski definition) is 0. The molecular formula is C19H26O7. The summed E-state index contributed by atoms with van der Waals surface area (Å²) in [5.41, 5.74) is 0.532. The molecular weight excluding hydrogens is 340 g/mol. The van der Waals surface area contributed by atoms with Gasteiger partial charge in [0.15, 0.2) is 12.2 Å². The van der Waals surface area contributed by atoms with Crippen molar-refractivity contribution in [3.8, 4) is 0 Å². The molecule has 0 aliphatic carbocycles. The number of rotatable bonds is 7. The minimum atomic E-state index is -1.68. The highest BCUT2D eigenvalue weighted by Gasteiger charge is 2.57. The van der Waals surface area contributed by atoms with Gasteiger partial charge in [-0.15, -0.1) is 0 Å². The fourth-order valence-corrected chi connectivity index (χ4v) is 2.55. The molecule has 7 nitrogen and oxygen atoms in total. The lowest BCUT2D eigenvalue weighted by atomic mass is 10.2. The van der Waals surface area contributed by atoms with Crippen LogP contribution in [0.25, 0.3) is 0 Å². The molecule has 1 aliphatic heterocycles. The van der Waals surface area contributed by atoms with E-state index in [4.69, 9.17) is 23.7 Å². The van der Waals surface area contributed by atoms with E-state index in [9.17, 15) is 9.59 Å². The number of carbonyl (C=O) groups excluding carboxylic acids is 2. The van der Waals surface area contributed by atoms with Gasteiger partial charge >= 0.3 is 17.9 Å². The average molecular weight is 366 g/mol. The third kappa shape index (κ3) is 4.60. The summed E-state index contributed by atoms with van der Waals surface area (Å²) in [5, 5.41) is 0. The summed E-state index contributed by atoms with van der Waals surface area (Å²) >= 11 is 0. The summed E-state index contributed by atoms with van der Waals surface area (Å²) in [4.78, 5) is 25.0. The van der Waals surface area contributed by atoms with E-state index in [0.29, 0.717) is 5.56 Å². The molecule has 1 aliphatic rings. The molecule has 0 bridgehead atoms. The van der Waals surface area contributed by atoms with Crippen molar-refractivity contribution in [3.05, 3.63) is 35.9 Å². The topological polar surface area (TPSA) is 80.3 Å². The Hall–Kier alpha value is -1.96. The zero-order valence-electron chi connectivity index (χ0n) is 15.8. The SMILES string of the molecule is CCOC1(c2ccccc2)O[C@@H](C(=O)OC(C)C)[C@H](C(=O)OC(C)C)O1. The van der Waals surface area contributed by atoms with Gasteiger partial charge in [-0.2, -0.15) is 0 Å². The molecule has 0 aromatic heterocycles. The van der Waals surface area contributed by atoms with Crippen molar-refractivity contribution in [2.75, 3.05) is 6.61 Å². The van der Waals surface area contributed by atoms with Crippen LogP contribution in [-0.4, -0.2) is 43.0 Å². The maximum atomic E-state index is 12.5. The Kier molecular flexibility index (Phi) is 6.75. The van der Waals surface area contributed by atoms with Gasteiger partial charge < -0.3 is 23.7 Å². The van der Waals surface area contributed by atoms with Crippen molar-refractivity contribution in [3.63, 3.8) is 0 Å². The molecule has 26 heavy (non-hydrogen) atoms. The largest absolute Gasteiger partial charge is 0.461 e. The molecule has 1 heterocycles.